The lowest BCUT2D eigenvalue weighted by atomic mass is 10.2. The number of carbonyl (C=O) groups excluding carboxylic acids is 2. The van der Waals surface area contributed by atoms with Crippen LogP contribution in [-0.4, -0.2) is 33.4 Å². The summed E-state index contributed by atoms with van der Waals surface area (Å²) in [6.45, 7) is 2.27. The molecule has 0 atom stereocenters. The number of halogens is 1. The summed E-state index contributed by atoms with van der Waals surface area (Å²) < 4.78 is 7.11. The quantitative estimate of drug-likeness (QED) is 0.458. The van der Waals surface area contributed by atoms with E-state index in [9.17, 15) is 9.59 Å². The number of ether oxygens (including phenoxy) is 1. The van der Waals surface area contributed by atoms with E-state index in [1.54, 1.807) is 12.1 Å². The van der Waals surface area contributed by atoms with Crippen molar-refractivity contribution < 1.29 is 14.3 Å². The minimum atomic E-state index is -0.548. The van der Waals surface area contributed by atoms with Crippen LogP contribution in [0.2, 0.25) is 5.02 Å². The molecule has 3 aromatic rings. The predicted octanol–water partition coefficient (Wildman–Crippen LogP) is 2.85. The van der Waals surface area contributed by atoms with Gasteiger partial charge in [-0.3, -0.25) is 20.4 Å². The van der Waals surface area contributed by atoms with Crippen molar-refractivity contribution in [3.8, 4) is 11.4 Å². The molecule has 0 radical (unpaired) electrons. The Balaban J connectivity index is 1.39. The Kier molecular flexibility index (Phi) is 6.80. The number of rotatable bonds is 7. The molecule has 150 valence electrons. The molecule has 2 N–H and O–H groups in total. The molecule has 0 aliphatic carbocycles. The second kappa shape index (κ2) is 9.70. The zero-order valence-electron chi connectivity index (χ0n) is 15.8. The average Bonchev–Trinajstić information content (AvgIpc) is 3.22. The largest absolute Gasteiger partial charge is 0.493 e. The molecule has 9 heteroatoms. The third-order valence-electron chi connectivity index (χ3n) is 4.00. The maximum absolute atomic E-state index is 12.1. The third kappa shape index (κ3) is 5.79. The Hall–Kier alpha value is -3.39. The Bertz CT molecular complexity index is 991. The van der Waals surface area contributed by atoms with Crippen molar-refractivity contribution >= 4 is 23.4 Å². The van der Waals surface area contributed by atoms with E-state index in [4.69, 9.17) is 16.3 Å². The van der Waals surface area contributed by atoms with Gasteiger partial charge in [-0.05, 0) is 49.2 Å². The summed E-state index contributed by atoms with van der Waals surface area (Å²) >= 11 is 5.90. The Labute approximate surface area is 172 Å². The van der Waals surface area contributed by atoms with E-state index in [0.29, 0.717) is 18.1 Å². The lowest BCUT2D eigenvalue weighted by Gasteiger charge is -2.09. The minimum Gasteiger partial charge on any atom is -0.493 e. The first kappa shape index (κ1) is 20.3. The lowest BCUT2D eigenvalue weighted by Crippen LogP contribution is -2.41. The van der Waals surface area contributed by atoms with E-state index < -0.39 is 5.91 Å². The number of hydrazine groups is 1. The summed E-state index contributed by atoms with van der Waals surface area (Å²) in [7, 11) is 0. The predicted molar refractivity (Wildman–Crippen MR) is 108 cm³/mol. The topological polar surface area (TPSA) is 98.1 Å². The van der Waals surface area contributed by atoms with E-state index in [1.807, 2.05) is 43.3 Å². The van der Waals surface area contributed by atoms with Gasteiger partial charge >= 0.3 is 0 Å². The lowest BCUT2D eigenvalue weighted by molar-refractivity contribution is -0.122. The number of hydrogen-bond donors (Lipinski definition) is 2. The second-order valence-electron chi connectivity index (χ2n) is 6.25. The third-order valence-corrected chi connectivity index (χ3v) is 4.24. The van der Waals surface area contributed by atoms with Crippen LogP contribution in [0.5, 0.6) is 5.75 Å². The Morgan fingerprint density at radius 2 is 1.93 bits per heavy atom. The smallest absolute Gasteiger partial charge is 0.291 e. The van der Waals surface area contributed by atoms with Gasteiger partial charge in [0.1, 0.15) is 5.75 Å². The van der Waals surface area contributed by atoms with Crippen molar-refractivity contribution in [2.24, 2.45) is 0 Å². The average molecular weight is 414 g/mol. The SMILES string of the molecule is Cc1cc(Cl)ccc1OCCCC(=O)NNC(=O)c1cn(-c2ccccc2)nn1. The molecular weight excluding hydrogens is 394 g/mol. The fourth-order valence-corrected chi connectivity index (χ4v) is 2.74. The second-order valence-corrected chi connectivity index (χ2v) is 6.68. The highest BCUT2D eigenvalue weighted by molar-refractivity contribution is 6.30. The number of nitrogens with one attached hydrogen (secondary N) is 2. The van der Waals surface area contributed by atoms with Crippen LogP contribution in [0.1, 0.15) is 28.9 Å². The molecule has 29 heavy (non-hydrogen) atoms. The molecule has 0 saturated carbocycles. The van der Waals surface area contributed by atoms with Gasteiger partial charge in [0.05, 0.1) is 18.5 Å². The summed E-state index contributed by atoms with van der Waals surface area (Å²) in [6.07, 6.45) is 2.18. The van der Waals surface area contributed by atoms with Crippen LogP contribution < -0.4 is 15.6 Å². The fourth-order valence-electron chi connectivity index (χ4n) is 2.52. The number of amides is 2. The van der Waals surface area contributed by atoms with Crippen LogP contribution in [0.3, 0.4) is 0 Å². The van der Waals surface area contributed by atoms with Crippen molar-refractivity contribution in [1.82, 2.24) is 25.8 Å². The molecule has 0 spiro atoms. The number of para-hydroxylation sites is 1. The zero-order chi connectivity index (χ0) is 20.6. The molecule has 0 aliphatic rings. The molecular formula is C20H20ClN5O3. The summed E-state index contributed by atoms with van der Waals surface area (Å²) in [5, 5.41) is 8.37. The Morgan fingerprint density at radius 1 is 1.14 bits per heavy atom. The van der Waals surface area contributed by atoms with Crippen molar-refractivity contribution in [3.63, 3.8) is 0 Å². The maximum Gasteiger partial charge on any atom is 0.291 e. The van der Waals surface area contributed by atoms with Gasteiger partial charge in [-0.25, -0.2) is 4.68 Å². The van der Waals surface area contributed by atoms with Crippen molar-refractivity contribution in [2.45, 2.75) is 19.8 Å². The molecule has 0 aliphatic heterocycles. The van der Waals surface area contributed by atoms with Crippen LogP contribution >= 0.6 is 11.6 Å². The van der Waals surface area contributed by atoms with Crippen LogP contribution in [-0.2, 0) is 4.79 Å². The number of carbonyl (C=O) groups is 2. The zero-order valence-corrected chi connectivity index (χ0v) is 16.5. The first-order valence-corrected chi connectivity index (χ1v) is 9.36. The molecule has 1 aromatic heterocycles. The van der Waals surface area contributed by atoms with Gasteiger partial charge in [0.15, 0.2) is 5.69 Å². The molecule has 2 amide bonds. The molecule has 0 saturated heterocycles. The van der Waals surface area contributed by atoms with E-state index in [2.05, 4.69) is 21.2 Å². The van der Waals surface area contributed by atoms with Crippen LogP contribution in [0.15, 0.2) is 54.7 Å². The minimum absolute atomic E-state index is 0.0932. The summed E-state index contributed by atoms with van der Waals surface area (Å²) in [6, 6.07) is 14.6. The first-order valence-electron chi connectivity index (χ1n) is 8.99. The van der Waals surface area contributed by atoms with Crippen LogP contribution in [0.4, 0.5) is 0 Å². The monoisotopic (exact) mass is 413 g/mol. The van der Waals surface area contributed by atoms with Gasteiger partial charge < -0.3 is 4.74 Å². The molecule has 0 bridgehead atoms. The van der Waals surface area contributed by atoms with Crippen molar-refractivity contribution in [2.75, 3.05) is 6.61 Å². The van der Waals surface area contributed by atoms with E-state index in [0.717, 1.165) is 17.0 Å². The first-order chi connectivity index (χ1) is 14.0. The van der Waals surface area contributed by atoms with Gasteiger partial charge in [0, 0.05) is 11.4 Å². The van der Waals surface area contributed by atoms with Crippen LogP contribution in [0, 0.1) is 6.92 Å². The van der Waals surface area contributed by atoms with Gasteiger partial charge in [-0.15, -0.1) is 5.10 Å². The Morgan fingerprint density at radius 3 is 2.69 bits per heavy atom. The molecule has 0 fully saturated rings. The van der Waals surface area contributed by atoms with E-state index in [1.165, 1.54) is 10.9 Å². The number of nitrogens with zero attached hydrogens (tertiary/aromatic N) is 3. The fraction of sp³-hybridized carbons (Fsp3) is 0.200. The maximum atomic E-state index is 12.1. The number of hydrogen-bond acceptors (Lipinski definition) is 5. The van der Waals surface area contributed by atoms with Gasteiger partial charge in [0.2, 0.25) is 5.91 Å². The highest BCUT2D eigenvalue weighted by Crippen LogP contribution is 2.21. The van der Waals surface area contributed by atoms with Crippen molar-refractivity contribution in [1.29, 1.82) is 0 Å². The van der Waals surface area contributed by atoms with E-state index in [-0.39, 0.29) is 18.0 Å². The molecule has 2 aromatic carbocycles. The van der Waals surface area contributed by atoms with Gasteiger partial charge in [-0.2, -0.15) is 0 Å². The number of aromatic nitrogens is 3. The highest BCUT2D eigenvalue weighted by Gasteiger charge is 2.12. The van der Waals surface area contributed by atoms with Crippen molar-refractivity contribution in [3.05, 3.63) is 71.0 Å². The summed E-state index contributed by atoms with van der Waals surface area (Å²) in [5.41, 5.74) is 6.49. The molecule has 3 rings (SSSR count). The molecule has 0 unspecified atom stereocenters. The normalized spacial score (nSPS) is 10.4. The van der Waals surface area contributed by atoms with Gasteiger partial charge in [0.25, 0.3) is 5.91 Å². The summed E-state index contributed by atoms with van der Waals surface area (Å²) in [5.74, 6) is -0.150. The molecule has 1 heterocycles. The van der Waals surface area contributed by atoms with Crippen LogP contribution in [0.25, 0.3) is 5.69 Å². The van der Waals surface area contributed by atoms with Gasteiger partial charge in [-0.1, -0.05) is 35.0 Å². The molecule has 8 nitrogen and oxygen atoms in total. The number of benzene rings is 2. The van der Waals surface area contributed by atoms with E-state index >= 15 is 0 Å². The highest BCUT2D eigenvalue weighted by atomic mass is 35.5. The standard InChI is InChI=1S/C20H20ClN5O3/c1-14-12-15(21)9-10-18(14)29-11-5-8-19(27)23-24-20(28)17-13-26(25-22-17)16-6-3-2-4-7-16/h2-4,6-7,9-10,12-13H,5,8,11H2,1H3,(H,23,27)(H,24,28). The summed E-state index contributed by atoms with van der Waals surface area (Å²) in [4.78, 5) is 24.0. The number of aryl methyl sites for hydroxylation is 1.